The Kier molecular flexibility index (Phi) is 3.61. The van der Waals surface area contributed by atoms with Crippen LogP contribution in [0.1, 0.15) is 5.56 Å². The van der Waals surface area contributed by atoms with Gasteiger partial charge in [-0.15, -0.1) is 11.3 Å². The van der Waals surface area contributed by atoms with Crippen molar-refractivity contribution in [3.63, 3.8) is 0 Å². The van der Waals surface area contributed by atoms with Crippen molar-refractivity contribution in [2.45, 2.75) is 6.18 Å². The molecule has 0 spiro atoms. The van der Waals surface area contributed by atoms with Gasteiger partial charge in [-0.3, -0.25) is 0 Å². The van der Waals surface area contributed by atoms with Crippen LogP contribution in [0.2, 0.25) is 0 Å². The largest absolute Gasteiger partial charge is 0.497 e. The van der Waals surface area contributed by atoms with Crippen LogP contribution in [0.5, 0.6) is 5.75 Å². The maximum atomic E-state index is 12.9. The summed E-state index contributed by atoms with van der Waals surface area (Å²) in [6.07, 6.45) is -3.09. The Hall–Kier alpha value is -2.35. The molecule has 2 aromatic heterocycles. The van der Waals surface area contributed by atoms with E-state index in [1.165, 1.54) is 30.8 Å². The molecule has 0 unspecified atom stereocenters. The van der Waals surface area contributed by atoms with Gasteiger partial charge < -0.3 is 10.1 Å². The summed E-state index contributed by atoms with van der Waals surface area (Å²) in [5, 5.41) is 4.74. The van der Waals surface area contributed by atoms with Gasteiger partial charge in [0.2, 0.25) is 0 Å². The molecule has 0 fully saturated rings. The van der Waals surface area contributed by atoms with Crippen molar-refractivity contribution in [2.24, 2.45) is 0 Å². The number of hydrogen-bond acceptors (Lipinski definition) is 5. The second-order valence-corrected chi connectivity index (χ2v) is 5.35. The van der Waals surface area contributed by atoms with Crippen molar-refractivity contribution in [2.75, 3.05) is 12.4 Å². The summed E-state index contributed by atoms with van der Waals surface area (Å²) in [7, 11) is 1.32. The van der Waals surface area contributed by atoms with E-state index in [2.05, 4.69) is 15.3 Å². The molecular formula is C14H10F3N3OS. The molecule has 0 atom stereocenters. The van der Waals surface area contributed by atoms with Crippen LogP contribution in [0.4, 0.5) is 24.7 Å². The van der Waals surface area contributed by atoms with E-state index >= 15 is 0 Å². The van der Waals surface area contributed by atoms with Crippen molar-refractivity contribution in [1.29, 1.82) is 0 Å². The van der Waals surface area contributed by atoms with Gasteiger partial charge in [0.15, 0.2) is 5.82 Å². The standard InChI is InChI=1S/C14H10F3N3OS/c1-21-10-5-8(14(15,16)17)4-9(6-10)20-13-12-11(2-3-22-12)18-7-19-13/h2-7H,1H3,(H,18,19,20). The number of fused-ring (bicyclic) bond motifs is 1. The number of benzene rings is 1. The highest BCUT2D eigenvalue weighted by molar-refractivity contribution is 7.17. The predicted molar refractivity (Wildman–Crippen MR) is 78.7 cm³/mol. The summed E-state index contributed by atoms with van der Waals surface area (Å²) in [5.74, 6) is 0.579. The van der Waals surface area contributed by atoms with Crippen LogP contribution in [-0.2, 0) is 6.18 Å². The number of ether oxygens (including phenoxy) is 1. The molecule has 0 saturated heterocycles. The summed E-state index contributed by atoms with van der Waals surface area (Å²) < 4.78 is 44.5. The average molecular weight is 325 g/mol. The molecule has 1 aromatic carbocycles. The number of hydrogen-bond donors (Lipinski definition) is 1. The number of nitrogens with zero attached hydrogens (tertiary/aromatic N) is 2. The lowest BCUT2D eigenvalue weighted by atomic mass is 10.1. The molecule has 4 nitrogen and oxygen atoms in total. The molecule has 0 aliphatic rings. The van der Waals surface area contributed by atoms with Gasteiger partial charge in [-0.1, -0.05) is 0 Å². The molecular weight excluding hydrogens is 315 g/mol. The van der Waals surface area contributed by atoms with Gasteiger partial charge in [-0.25, -0.2) is 9.97 Å². The zero-order chi connectivity index (χ0) is 15.7. The number of rotatable bonds is 3. The normalized spacial score (nSPS) is 11.6. The van der Waals surface area contributed by atoms with Gasteiger partial charge in [0.05, 0.1) is 22.9 Å². The van der Waals surface area contributed by atoms with Crippen molar-refractivity contribution >= 4 is 33.1 Å². The maximum absolute atomic E-state index is 12.9. The Labute approximate surface area is 127 Å². The van der Waals surface area contributed by atoms with Crippen LogP contribution in [0.3, 0.4) is 0 Å². The SMILES string of the molecule is COc1cc(Nc2ncnc3ccsc23)cc(C(F)(F)F)c1. The van der Waals surface area contributed by atoms with E-state index < -0.39 is 11.7 Å². The molecule has 1 N–H and O–H groups in total. The van der Waals surface area contributed by atoms with E-state index in [-0.39, 0.29) is 11.4 Å². The van der Waals surface area contributed by atoms with Gasteiger partial charge in [0.1, 0.15) is 12.1 Å². The van der Waals surface area contributed by atoms with Crippen LogP contribution < -0.4 is 10.1 Å². The molecule has 3 aromatic rings. The first-order valence-electron chi connectivity index (χ1n) is 6.19. The third-order valence-corrected chi connectivity index (χ3v) is 3.89. The number of aromatic nitrogens is 2. The van der Waals surface area contributed by atoms with E-state index in [9.17, 15) is 13.2 Å². The minimum absolute atomic E-state index is 0.119. The van der Waals surface area contributed by atoms with Crippen LogP contribution in [0, 0.1) is 0 Å². The molecule has 0 aliphatic carbocycles. The van der Waals surface area contributed by atoms with E-state index in [1.54, 1.807) is 0 Å². The Bertz CT molecular complexity index is 816. The number of halogens is 3. The van der Waals surface area contributed by atoms with Crippen LogP contribution in [0.15, 0.2) is 36.0 Å². The molecule has 0 saturated carbocycles. The summed E-state index contributed by atoms with van der Waals surface area (Å²) in [6.45, 7) is 0. The highest BCUT2D eigenvalue weighted by Crippen LogP contribution is 2.35. The number of anilines is 2. The summed E-state index contributed by atoms with van der Waals surface area (Å²) in [6, 6.07) is 5.27. The van der Waals surface area contributed by atoms with Gasteiger partial charge in [-0.05, 0) is 23.6 Å². The van der Waals surface area contributed by atoms with E-state index in [0.29, 0.717) is 5.82 Å². The fraction of sp³-hybridized carbons (Fsp3) is 0.143. The molecule has 0 aliphatic heterocycles. The molecule has 3 rings (SSSR count). The summed E-state index contributed by atoms with van der Waals surface area (Å²) in [4.78, 5) is 8.18. The molecule has 0 amide bonds. The second kappa shape index (κ2) is 5.45. The van der Waals surface area contributed by atoms with E-state index in [0.717, 1.165) is 22.3 Å². The lowest BCUT2D eigenvalue weighted by Crippen LogP contribution is -2.06. The molecule has 0 bridgehead atoms. The average Bonchev–Trinajstić information content (AvgIpc) is 2.95. The van der Waals surface area contributed by atoms with Gasteiger partial charge in [-0.2, -0.15) is 13.2 Å². The Morgan fingerprint density at radius 3 is 2.73 bits per heavy atom. The Balaban J connectivity index is 2.03. The fourth-order valence-corrected chi connectivity index (χ4v) is 2.76. The maximum Gasteiger partial charge on any atom is 0.416 e. The highest BCUT2D eigenvalue weighted by Gasteiger charge is 2.31. The first-order valence-corrected chi connectivity index (χ1v) is 7.07. The number of thiophene rings is 1. The smallest absolute Gasteiger partial charge is 0.416 e. The predicted octanol–water partition coefficient (Wildman–Crippen LogP) is 4.46. The van der Waals surface area contributed by atoms with Gasteiger partial charge in [0.25, 0.3) is 0 Å². The number of methoxy groups -OCH3 is 1. The lowest BCUT2D eigenvalue weighted by molar-refractivity contribution is -0.137. The lowest BCUT2D eigenvalue weighted by Gasteiger charge is -2.13. The van der Waals surface area contributed by atoms with E-state index in [1.807, 2.05) is 11.4 Å². The van der Waals surface area contributed by atoms with Gasteiger partial charge >= 0.3 is 6.18 Å². The monoisotopic (exact) mass is 325 g/mol. The van der Waals surface area contributed by atoms with Crippen molar-refractivity contribution in [3.05, 3.63) is 41.5 Å². The fourth-order valence-electron chi connectivity index (χ4n) is 1.97. The van der Waals surface area contributed by atoms with Crippen molar-refractivity contribution in [1.82, 2.24) is 9.97 Å². The quantitative estimate of drug-likeness (QED) is 0.772. The molecule has 0 radical (unpaired) electrons. The van der Waals surface area contributed by atoms with Crippen molar-refractivity contribution < 1.29 is 17.9 Å². The summed E-state index contributed by atoms with van der Waals surface area (Å²) in [5.41, 5.74) is 0.201. The topological polar surface area (TPSA) is 47.0 Å². The Morgan fingerprint density at radius 1 is 1.18 bits per heavy atom. The number of nitrogens with one attached hydrogen (secondary N) is 1. The minimum atomic E-state index is -4.45. The molecule has 2 heterocycles. The molecule has 114 valence electrons. The third kappa shape index (κ3) is 2.82. The van der Waals surface area contributed by atoms with Gasteiger partial charge in [0, 0.05) is 11.8 Å². The van der Waals surface area contributed by atoms with Crippen molar-refractivity contribution in [3.8, 4) is 5.75 Å². The third-order valence-electron chi connectivity index (χ3n) is 2.98. The van der Waals surface area contributed by atoms with E-state index in [4.69, 9.17) is 4.74 Å². The first kappa shape index (κ1) is 14.6. The summed E-state index contributed by atoms with van der Waals surface area (Å²) >= 11 is 1.41. The highest BCUT2D eigenvalue weighted by atomic mass is 32.1. The minimum Gasteiger partial charge on any atom is -0.497 e. The molecule has 22 heavy (non-hydrogen) atoms. The molecule has 8 heteroatoms. The zero-order valence-corrected chi connectivity index (χ0v) is 12.1. The number of alkyl halides is 3. The second-order valence-electron chi connectivity index (χ2n) is 4.43. The van der Waals surface area contributed by atoms with Crippen LogP contribution in [-0.4, -0.2) is 17.1 Å². The Morgan fingerprint density at radius 2 is 2.00 bits per heavy atom. The van der Waals surface area contributed by atoms with Crippen LogP contribution in [0.25, 0.3) is 10.2 Å². The zero-order valence-electron chi connectivity index (χ0n) is 11.3. The first-order chi connectivity index (χ1) is 10.5. The van der Waals surface area contributed by atoms with Crippen LogP contribution >= 0.6 is 11.3 Å².